The number of hydrogen-bond donors (Lipinski definition) is 2. The van der Waals surface area contributed by atoms with Crippen molar-refractivity contribution in [2.24, 2.45) is 10.8 Å². The summed E-state index contributed by atoms with van der Waals surface area (Å²) in [5.74, 6) is 0.901. The van der Waals surface area contributed by atoms with Crippen LogP contribution in [0.3, 0.4) is 0 Å². The van der Waals surface area contributed by atoms with Crippen molar-refractivity contribution in [1.82, 2.24) is 5.43 Å². The van der Waals surface area contributed by atoms with E-state index in [1.54, 1.807) is 6.21 Å². The maximum Gasteiger partial charge on any atom is 0.184 e. The molecule has 0 aliphatic rings. The van der Waals surface area contributed by atoms with Gasteiger partial charge in [0.05, 0.1) is 12.8 Å². The number of unbranched alkanes of at least 4 members (excludes halogenated alkanes) is 1. The van der Waals surface area contributed by atoms with Crippen molar-refractivity contribution in [2.45, 2.75) is 19.8 Å². The van der Waals surface area contributed by atoms with Gasteiger partial charge in [-0.3, -0.25) is 5.43 Å². The normalized spacial score (nSPS) is 10.9. The third kappa shape index (κ3) is 4.16. The standard InChI is InChI=1S/C16H19N3OS/c1-2-3-10-20-15-9-8-12(11-18-19-16(17)21)13-6-4-5-7-14(13)15/h4-9,11H,2-3,10H2,1H3,(H3,17,19,21)/b18-11+. The summed E-state index contributed by atoms with van der Waals surface area (Å²) in [5, 5.41) is 6.32. The van der Waals surface area contributed by atoms with Gasteiger partial charge in [-0.15, -0.1) is 0 Å². The van der Waals surface area contributed by atoms with Crippen molar-refractivity contribution in [3.8, 4) is 5.75 Å². The van der Waals surface area contributed by atoms with Gasteiger partial charge in [0, 0.05) is 10.9 Å². The highest BCUT2D eigenvalue weighted by Gasteiger charge is 2.05. The maximum absolute atomic E-state index is 5.86. The van der Waals surface area contributed by atoms with Crippen LogP contribution in [0.4, 0.5) is 0 Å². The first kappa shape index (κ1) is 15.3. The summed E-state index contributed by atoms with van der Waals surface area (Å²) in [6.45, 7) is 2.88. The number of fused-ring (bicyclic) bond motifs is 1. The topological polar surface area (TPSA) is 59.6 Å². The van der Waals surface area contributed by atoms with Gasteiger partial charge in [0.25, 0.3) is 0 Å². The zero-order chi connectivity index (χ0) is 15.1. The lowest BCUT2D eigenvalue weighted by Gasteiger charge is -2.10. The molecule has 0 fully saturated rings. The molecule has 0 bridgehead atoms. The zero-order valence-electron chi connectivity index (χ0n) is 12.0. The van der Waals surface area contributed by atoms with Crippen LogP contribution >= 0.6 is 12.2 Å². The van der Waals surface area contributed by atoms with Gasteiger partial charge in [-0.05, 0) is 36.2 Å². The largest absolute Gasteiger partial charge is 0.493 e. The van der Waals surface area contributed by atoms with E-state index in [-0.39, 0.29) is 5.11 Å². The number of ether oxygens (including phenoxy) is 1. The molecule has 3 N–H and O–H groups in total. The van der Waals surface area contributed by atoms with Crippen LogP contribution in [0.15, 0.2) is 41.5 Å². The molecular weight excluding hydrogens is 282 g/mol. The molecule has 0 aliphatic carbocycles. The molecule has 0 saturated heterocycles. The lowest BCUT2D eigenvalue weighted by Crippen LogP contribution is -2.24. The molecule has 0 heterocycles. The number of hydrazone groups is 1. The second kappa shape index (κ2) is 7.59. The summed E-state index contributed by atoms with van der Waals surface area (Å²) < 4.78 is 5.86. The summed E-state index contributed by atoms with van der Waals surface area (Å²) in [4.78, 5) is 0. The van der Waals surface area contributed by atoms with E-state index in [2.05, 4.69) is 23.5 Å². The number of nitrogens with zero attached hydrogens (tertiary/aromatic N) is 1. The van der Waals surface area contributed by atoms with E-state index >= 15 is 0 Å². The molecule has 0 radical (unpaired) electrons. The summed E-state index contributed by atoms with van der Waals surface area (Å²) >= 11 is 4.72. The molecular formula is C16H19N3OS. The Morgan fingerprint density at radius 3 is 2.76 bits per heavy atom. The number of nitrogens with two attached hydrogens (primary N) is 1. The van der Waals surface area contributed by atoms with Crippen LogP contribution in [0.1, 0.15) is 25.3 Å². The van der Waals surface area contributed by atoms with Crippen molar-refractivity contribution in [3.63, 3.8) is 0 Å². The highest BCUT2D eigenvalue weighted by Crippen LogP contribution is 2.28. The molecule has 2 aromatic carbocycles. The van der Waals surface area contributed by atoms with Crippen LogP contribution in [0, 0.1) is 0 Å². The maximum atomic E-state index is 5.86. The fourth-order valence-corrected chi connectivity index (χ4v) is 2.08. The number of benzene rings is 2. The highest BCUT2D eigenvalue weighted by molar-refractivity contribution is 7.80. The summed E-state index contributed by atoms with van der Waals surface area (Å²) in [7, 11) is 0. The van der Waals surface area contributed by atoms with Crippen molar-refractivity contribution < 1.29 is 4.74 Å². The molecule has 110 valence electrons. The minimum absolute atomic E-state index is 0.148. The molecule has 21 heavy (non-hydrogen) atoms. The van der Waals surface area contributed by atoms with Crippen molar-refractivity contribution in [2.75, 3.05) is 6.61 Å². The minimum atomic E-state index is 0.148. The van der Waals surface area contributed by atoms with Crippen molar-refractivity contribution in [3.05, 3.63) is 42.0 Å². The van der Waals surface area contributed by atoms with E-state index in [1.165, 1.54) is 0 Å². The molecule has 0 spiro atoms. The second-order valence-electron chi connectivity index (χ2n) is 4.63. The predicted octanol–water partition coefficient (Wildman–Crippen LogP) is 3.19. The Bertz CT molecular complexity index is 655. The second-order valence-corrected chi connectivity index (χ2v) is 5.07. The van der Waals surface area contributed by atoms with E-state index in [9.17, 15) is 0 Å². The Morgan fingerprint density at radius 1 is 1.29 bits per heavy atom. The van der Waals surface area contributed by atoms with Gasteiger partial charge in [0.15, 0.2) is 5.11 Å². The first-order chi connectivity index (χ1) is 10.2. The number of hydrogen-bond acceptors (Lipinski definition) is 3. The van der Waals surface area contributed by atoms with Gasteiger partial charge in [-0.25, -0.2) is 0 Å². The predicted molar refractivity (Wildman–Crippen MR) is 91.9 cm³/mol. The van der Waals surface area contributed by atoms with E-state index in [1.807, 2.05) is 30.3 Å². The zero-order valence-corrected chi connectivity index (χ0v) is 12.8. The quantitative estimate of drug-likeness (QED) is 0.372. The van der Waals surface area contributed by atoms with E-state index in [0.29, 0.717) is 0 Å². The molecule has 2 rings (SSSR count). The molecule has 0 unspecified atom stereocenters. The minimum Gasteiger partial charge on any atom is -0.493 e. The number of rotatable bonds is 6. The molecule has 4 nitrogen and oxygen atoms in total. The van der Waals surface area contributed by atoms with E-state index in [0.717, 1.165) is 41.5 Å². The van der Waals surface area contributed by atoms with Crippen molar-refractivity contribution >= 4 is 34.3 Å². The molecule has 0 aliphatic heterocycles. The van der Waals surface area contributed by atoms with Crippen LogP contribution < -0.4 is 15.9 Å². The van der Waals surface area contributed by atoms with Gasteiger partial charge in [-0.1, -0.05) is 37.6 Å². The van der Waals surface area contributed by atoms with Crippen LogP contribution in [-0.2, 0) is 0 Å². The Kier molecular flexibility index (Phi) is 5.51. The average molecular weight is 301 g/mol. The third-order valence-corrected chi connectivity index (χ3v) is 3.14. The van der Waals surface area contributed by atoms with Crippen LogP contribution in [0.2, 0.25) is 0 Å². The fourth-order valence-electron chi connectivity index (χ4n) is 2.03. The fraction of sp³-hybridized carbons (Fsp3) is 0.250. The lowest BCUT2D eigenvalue weighted by molar-refractivity contribution is 0.313. The summed E-state index contributed by atoms with van der Waals surface area (Å²) in [5.41, 5.74) is 8.89. The Balaban J connectivity index is 2.30. The van der Waals surface area contributed by atoms with E-state index < -0.39 is 0 Å². The van der Waals surface area contributed by atoms with Gasteiger partial charge < -0.3 is 10.5 Å². The van der Waals surface area contributed by atoms with Gasteiger partial charge in [0.1, 0.15) is 5.75 Å². The molecule has 0 amide bonds. The smallest absolute Gasteiger partial charge is 0.184 e. The molecule has 0 aromatic heterocycles. The molecule has 2 aromatic rings. The monoisotopic (exact) mass is 301 g/mol. The molecule has 0 saturated carbocycles. The Labute approximate surface area is 130 Å². The van der Waals surface area contributed by atoms with Crippen molar-refractivity contribution in [1.29, 1.82) is 0 Å². The number of thiocarbonyl (C=S) groups is 1. The third-order valence-electron chi connectivity index (χ3n) is 3.05. The van der Waals surface area contributed by atoms with Gasteiger partial charge in [0.2, 0.25) is 0 Å². The molecule has 0 atom stereocenters. The van der Waals surface area contributed by atoms with Crippen LogP contribution in [0.5, 0.6) is 5.75 Å². The molecule has 5 heteroatoms. The first-order valence-corrected chi connectivity index (χ1v) is 7.36. The summed E-state index contributed by atoms with van der Waals surface area (Å²) in [6, 6.07) is 12.0. The van der Waals surface area contributed by atoms with Gasteiger partial charge >= 0.3 is 0 Å². The highest BCUT2D eigenvalue weighted by atomic mass is 32.1. The van der Waals surface area contributed by atoms with E-state index in [4.69, 9.17) is 22.7 Å². The number of nitrogens with one attached hydrogen (secondary N) is 1. The Hall–Kier alpha value is -2.14. The Morgan fingerprint density at radius 2 is 2.05 bits per heavy atom. The first-order valence-electron chi connectivity index (χ1n) is 6.95. The average Bonchev–Trinajstić information content (AvgIpc) is 2.49. The van der Waals surface area contributed by atoms with Crippen LogP contribution in [0.25, 0.3) is 10.8 Å². The SMILES string of the molecule is CCCCOc1ccc(/C=N/NC(N)=S)c2ccccc12. The van der Waals surface area contributed by atoms with Gasteiger partial charge in [-0.2, -0.15) is 5.10 Å². The summed E-state index contributed by atoms with van der Waals surface area (Å²) in [6.07, 6.45) is 3.88. The lowest BCUT2D eigenvalue weighted by atomic mass is 10.0. The van der Waals surface area contributed by atoms with Crippen LogP contribution in [-0.4, -0.2) is 17.9 Å².